The Bertz CT molecular complexity index is 1220. The molecule has 13 heteroatoms. The zero-order valence-corrected chi connectivity index (χ0v) is 17.3. The fraction of sp³-hybridized carbons (Fsp3) is 0.158. The molecule has 0 saturated carbocycles. The Morgan fingerprint density at radius 3 is 2.62 bits per heavy atom. The highest BCUT2D eigenvalue weighted by atomic mass is 32.2. The van der Waals surface area contributed by atoms with Gasteiger partial charge >= 0.3 is 6.18 Å². The van der Waals surface area contributed by atoms with Crippen LogP contribution in [0.5, 0.6) is 0 Å². The van der Waals surface area contributed by atoms with Gasteiger partial charge in [-0.05, 0) is 47.7 Å². The maximum Gasteiger partial charge on any atom is 0.416 e. The number of aryl methyl sites for hydroxylation is 1. The van der Waals surface area contributed by atoms with Crippen LogP contribution in [0.1, 0.15) is 11.1 Å². The topological polar surface area (TPSA) is 103 Å². The molecule has 0 saturated heterocycles. The lowest BCUT2D eigenvalue weighted by Gasteiger charge is -2.14. The third-order valence-electron chi connectivity index (χ3n) is 4.32. The van der Waals surface area contributed by atoms with Gasteiger partial charge in [0.05, 0.1) is 28.4 Å². The first kappa shape index (κ1) is 21.5. The minimum atomic E-state index is -4.56. The summed E-state index contributed by atoms with van der Waals surface area (Å²) in [7, 11) is 0. The van der Waals surface area contributed by atoms with Crippen molar-refractivity contribution in [3.8, 4) is 11.4 Å². The summed E-state index contributed by atoms with van der Waals surface area (Å²) in [6.07, 6.45) is -2.00. The predicted octanol–water partition coefficient (Wildman–Crippen LogP) is 3.30. The van der Waals surface area contributed by atoms with Crippen LogP contribution in [0.4, 0.5) is 18.9 Å². The number of nitrogens with one attached hydrogen (secondary N) is 1. The standard InChI is InChI=1S/C19H15F3N8OS/c1-12-2-5-14(6-3-12)30-18(26-27-28-30)32-9-17(31)25-15-8-13(19(20,21)22)4-7-16(15)29-11-23-10-24-29/h2-8,10-11H,9H2,1H3,(H,25,31). The number of carbonyl (C=O) groups is 1. The van der Waals surface area contributed by atoms with Crippen LogP contribution in [-0.4, -0.2) is 46.6 Å². The lowest BCUT2D eigenvalue weighted by molar-refractivity contribution is -0.137. The molecule has 4 aromatic rings. The number of thioether (sulfide) groups is 1. The first-order valence-electron chi connectivity index (χ1n) is 9.15. The average molecular weight is 460 g/mol. The summed E-state index contributed by atoms with van der Waals surface area (Å²) >= 11 is 1.05. The maximum absolute atomic E-state index is 13.2. The van der Waals surface area contributed by atoms with Gasteiger partial charge < -0.3 is 5.32 Å². The molecule has 4 rings (SSSR count). The molecular formula is C19H15F3N8OS. The van der Waals surface area contributed by atoms with Crippen LogP contribution in [0.15, 0.2) is 60.3 Å². The summed E-state index contributed by atoms with van der Waals surface area (Å²) in [5.74, 6) is -0.659. The number of alkyl halides is 3. The van der Waals surface area contributed by atoms with Gasteiger partial charge in [0, 0.05) is 0 Å². The Morgan fingerprint density at radius 1 is 1.16 bits per heavy atom. The smallest absolute Gasteiger partial charge is 0.323 e. The van der Waals surface area contributed by atoms with Crippen LogP contribution >= 0.6 is 11.8 Å². The summed E-state index contributed by atoms with van der Waals surface area (Å²) in [5.41, 5.74) is 1.09. The lowest BCUT2D eigenvalue weighted by atomic mass is 10.1. The highest BCUT2D eigenvalue weighted by Gasteiger charge is 2.31. The van der Waals surface area contributed by atoms with Crippen molar-refractivity contribution in [1.82, 2.24) is 35.0 Å². The number of anilines is 1. The summed E-state index contributed by atoms with van der Waals surface area (Å²) in [6, 6.07) is 10.5. The van der Waals surface area contributed by atoms with Crippen LogP contribution in [0, 0.1) is 6.92 Å². The van der Waals surface area contributed by atoms with Gasteiger partial charge in [-0.2, -0.15) is 23.0 Å². The Hall–Kier alpha value is -3.74. The van der Waals surface area contributed by atoms with Crippen molar-refractivity contribution in [2.75, 3.05) is 11.1 Å². The van der Waals surface area contributed by atoms with Crippen molar-refractivity contribution in [2.24, 2.45) is 0 Å². The molecule has 2 heterocycles. The van der Waals surface area contributed by atoms with E-state index in [1.165, 1.54) is 28.1 Å². The van der Waals surface area contributed by atoms with Crippen LogP contribution in [-0.2, 0) is 11.0 Å². The number of rotatable bonds is 6. The van der Waals surface area contributed by atoms with Gasteiger partial charge in [-0.25, -0.2) is 9.67 Å². The molecule has 164 valence electrons. The van der Waals surface area contributed by atoms with Crippen LogP contribution in [0.25, 0.3) is 11.4 Å². The van der Waals surface area contributed by atoms with E-state index in [4.69, 9.17) is 0 Å². The number of nitrogens with zero attached hydrogens (tertiary/aromatic N) is 7. The quantitative estimate of drug-likeness (QED) is 0.441. The van der Waals surface area contributed by atoms with E-state index in [-0.39, 0.29) is 17.1 Å². The molecule has 2 aromatic heterocycles. The fourth-order valence-electron chi connectivity index (χ4n) is 2.78. The molecule has 32 heavy (non-hydrogen) atoms. The van der Waals surface area contributed by atoms with Crippen LogP contribution in [0.3, 0.4) is 0 Å². The molecule has 0 spiro atoms. The number of benzene rings is 2. The first-order chi connectivity index (χ1) is 15.3. The highest BCUT2D eigenvalue weighted by molar-refractivity contribution is 7.99. The fourth-order valence-corrected chi connectivity index (χ4v) is 3.47. The first-order valence-corrected chi connectivity index (χ1v) is 10.1. The molecule has 0 aliphatic heterocycles. The van der Waals surface area contributed by atoms with Crippen molar-refractivity contribution >= 4 is 23.4 Å². The van der Waals surface area contributed by atoms with E-state index in [9.17, 15) is 18.0 Å². The van der Waals surface area contributed by atoms with Crippen molar-refractivity contribution in [3.63, 3.8) is 0 Å². The van der Waals surface area contributed by atoms with Crippen molar-refractivity contribution in [2.45, 2.75) is 18.3 Å². The molecule has 0 atom stereocenters. The molecular weight excluding hydrogens is 445 g/mol. The summed E-state index contributed by atoms with van der Waals surface area (Å²) in [6.45, 7) is 1.95. The second kappa shape index (κ2) is 8.78. The number of amides is 1. The Morgan fingerprint density at radius 2 is 1.94 bits per heavy atom. The molecule has 0 unspecified atom stereocenters. The van der Waals surface area contributed by atoms with E-state index >= 15 is 0 Å². The van der Waals surface area contributed by atoms with E-state index in [2.05, 4.69) is 30.9 Å². The molecule has 1 amide bonds. The van der Waals surface area contributed by atoms with Crippen LogP contribution < -0.4 is 5.32 Å². The Kier molecular flexibility index (Phi) is 5.90. The number of carbonyl (C=O) groups excluding carboxylic acids is 1. The number of halogens is 3. The monoisotopic (exact) mass is 460 g/mol. The third-order valence-corrected chi connectivity index (χ3v) is 5.23. The van der Waals surface area contributed by atoms with E-state index < -0.39 is 17.6 Å². The van der Waals surface area contributed by atoms with E-state index in [0.29, 0.717) is 5.16 Å². The zero-order chi connectivity index (χ0) is 22.7. The highest BCUT2D eigenvalue weighted by Crippen LogP contribution is 2.33. The molecule has 0 aliphatic rings. The molecule has 2 aromatic carbocycles. The molecule has 0 fully saturated rings. The average Bonchev–Trinajstić information content (AvgIpc) is 3.44. The largest absolute Gasteiger partial charge is 0.416 e. The summed E-state index contributed by atoms with van der Waals surface area (Å²) in [4.78, 5) is 16.3. The normalized spacial score (nSPS) is 11.5. The van der Waals surface area contributed by atoms with E-state index in [0.717, 1.165) is 35.1 Å². The Balaban J connectivity index is 1.51. The van der Waals surface area contributed by atoms with Gasteiger partial charge in [-0.1, -0.05) is 29.5 Å². The SMILES string of the molecule is Cc1ccc(-n2nnnc2SCC(=O)Nc2cc(C(F)(F)F)ccc2-n2cncn2)cc1. The van der Waals surface area contributed by atoms with E-state index in [1.54, 1.807) is 0 Å². The Labute approximate surface area is 183 Å². The molecule has 0 aliphatic carbocycles. The summed E-state index contributed by atoms with van der Waals surface area (Å²) in [5, 5.41) is 18.3. The molecule has 0 bridgehead atoms. The van der Waals surface area contributed by atoms with Crippen molar-refractivity contribution in [1.29, 1.82) is 0 Å². The molecule has 9 nitrogen and oxygen atoms in total. The zero-order valence-electron chi connectivity index (χ0n) is 16.5. The number of aromatic nitrogens is 7. The molecule has 0 radical (unpaired) electrons. The minimum absolute atomic E-state index is 0.0472. The summed E-state index contributed by atoms with van der Waals surface area (Å²) < 4.78 is 42.2. The second-order valence-electron chi connectivity index (χ2n) is 6.62. The van der Waals surface area contributed by atoms with Gasteiger partial charge in [0.1, 0.15) is 12.7 Å². The van der Waals surface area contributed by atoms with E-state index in [1.807, 2.05) is 31.2 Å². The predicted molar refractivity (Wildman–Crippen MR) is 110 cm³/mol. The van der Waals surface area contributed by atoms with Crippen molar-refractivity contribution in [3.05, 3.63) is 66.2 Å². The number of hydrogen-bond acceptors (Lipinski definition) is 7. The second-order valence-corrected chi connectivity index (χ2v) is 7.56. The van der Waals surface area contributed by atoms with Gasteiger partial charge in [0.25, 0.3) is 0 Å². The van der Waals surface area contributed by atoms with Gasteiger partial charge in [-0.15, -0.1) is 5.10 Å². The minimum Gasteiger partial charge on any atom is -0.323 e. The van der Waals surface area contributed by atoms with Crippen molar-refractivity contribution < 1.29 is 18.0 Å². The third kappa shape index (κ3) is 4.77. The molecule has 1 N–H and O–H groups in total. The van der Waals surface area contributed by atoms with Gasteiger partial charge in [0.15, 0.2) is 0 Å². The maximum atomic E-state index is 13.2. The van der Waals surface area contributed by atoms with Gasteiger partial charge in [-0.3, -0.25) is 4.79 Å². The van der Waals surface area contributed by atoms with Crippen LogP contribution in [0.2, 0.25) is 0 Å². The number of hydrogen-bond donors (Lipinski definition) is 1. The van der Waals surface area contributed by atoms with Gasteiger partial charge in [0.2, 0.25) is 11.1 Å². The number of tetrazole rings is 1. The lowest BCUT2D eigenvalue weighted by Crippen LogP contribution is -2.17.